The van der Waals surface area contributed by atoms with Crippen LogP contribution in [0.5, 0.6) is 0 Å². The van der Waals surface area contributed by atoms with Gasteiger partial charge in [0, 0.05) is 53.7 Å². The third-order valence-electron chi connectivity index (χ3n) is 9.49. The van der Waals surface area contributed by atoms with Crippen molar-refractivity contribution < 1.29 is 0 Å². The summed E-state index contributed by atoms with van der Waals surface area (Å²) in [6, 6.07) is 67.5. The van der Waals surface area contributed by atoms with Gasteiger partial charge in [-0.25, -0.2) is 9.97 Å². The van der Waals surface area contributed by atoms with Gasteiger partial charge in [0.05, 0.1) is 22.8 Å². The van der Waals surface area contributed by atoms with E-state index in [1.807, 2.05) is 12.1 Å². The van der Waals surface area contributed by atoms with Crippen LogP contribution in [0.15, 0.2) is 203 Å². The zero-order valence-corrected chi connectivity index (χ0v) is 32.2. The number of nitrogens with zero attached hydrogens (tertiary/aromatic N) is 4. The number of benzene rings is 7. The van der Waals surface area contributed by atoms with Crippen LogP contribution in [0.2, 0.25) is 0 Å². The van der Waals surface area contributed by atoms with Crippen molar-refractivity contribution in [1.29, 1.82) is 0 Å². The molecule has 0 aliphatic carbocycles. The van der Waals surface area contributed by atoms with Gasteiger partial charge in [-0.1, -0.05) is 171 Å². The zero-order chi connectivity index (χ0) is 36.4. The Morgan fingerprint density at radius 2 is 0.630 bits per heavy atom. The maximum absolute atomic E-state index is 5.49. The third kappa shape index (κ3) is 6.44. The summed E-state index contributed by atoms with van der Waals surface area (Å²) in [5.41, 5.74) is 12.1. The lowest BCUT2D eigenvalue weighted by Crippen LogP contribution is -2.02. The van der Waals surface area contributed by atoms with Crippen molar-refractivity contribution in [3.05, 3.63) is 203 Å². The van der Waals surface area contributed by atoms with Crippen molar-refractivity contribution in [1.82, 2.24) is 19.1 Å². The lowest BCUT2D eigenvalue weighted by Gasteiger charge is -2.15. The van der Waals surface area contributed by atoms with Crippen LogP contribution >= 0.6 is 31.9 Å². The molecule has 9 rings (SSSR count). The molecule has 0 saturated heterocycles. The molecule has 6 heteroatoms. The molecule has 2 heterocycles. The quantitative estimate of drug-likeness (QED) is 0.153. The minimum atomic E-state index is 0.838. The van der Waals surface area contributed by atoms with Crippen LogP contribution in [0.4, 0.5) is 0 Å². The van der Waals surface area contributed by atoms with Gasteiger partial charge in [0.15, 0.2) is 0 Å². The Bertz CT molecular complexity index is 2500. The van der Waals surface area contributed by atoms with Crippen LogP contribution in [0.3, 0.4) is 0 Å². The molecule has 0 bridgehead atoms. The first-order valence-electron chi connectivity index (χ1n) is 17.7. The molecule has 54 heavy (non-hydrogen) atoms. The summed E-state index contributed by atoms with van der Waals surface area (Å²) in [5, 5.41) is 0. The first-order chi connectivity index (χ1) is 26.6. The van der Waals surface area contributed by atoms with Crippen LogP contribution in [-0.4, -0.2) is 19.1 Å². The van der Waals surface area contributed by atoms with Crippen LogP contribution in [0, 0.1) is 0 Å². The normalized spacial score (nSPS) is 11.1. The molecule has 258 valence electrons. The highest BCUT2D eigenvalue weighted by Crippen LogP contribution is 2.42. The Kier molecular flexibility index (Phi) is 9.21. The minimum absolute atomic E-state index is 0.838. The van der Waals surface area contributed by atoms with E-state index in [4.69, 9.17) is 9.97 Å². The molecule has 0 fully saturated rings. The number of halogens is 2. The van der Waals surface area contributed by atoms with Crippen molar-refractivity contribution in [2.45, 2.75) is 0 Å². The molecule has 9 aromatic rings. The molecule has 4 nitrogen and oxygen atoms in total. The Morgan fingerprint density at radius 1 is 0.315 bits per heavy atom. The first kappa shape index (κ1) is 33.7. The van der Waals surface area contributed by atoms with Gasteiger partial charge < -0.3 is 0 Å². The fourth-order valence-electron chi connectivity index (χ4n) is 7.03. The summed E-state index contributed by atoms with van der Waals surface area (Å²) in [4.78, 5) is 11.0. The highest BCUT2D eigenvalue weighted by Gasteiger charge is 2.25. The predicted molar refractivity (Wildman–Crippen MR) is 229 cm³/mol. The molecule has 0 radical (unpaired) electrons. The van der Waals surface area contributed by atoms with Crippen LogP contribution in [0.1, 0.15) is 0 Å². The van der Waals surface area contributed by atoms with Crippen molar-refractivity contribution in [3.8, 4) is 79.2 Å². The topological polar surface area (TPSA) is 35.6 Å². The molecular weight excluding hydrogens is 792 g/mol. The molecule has 0 N–H and O–H groups in total. The first-order valence-corrected chi connectivity index (χ1v) is 19.3. The molecule has 0 aliphatic heterocycles. The smallest absolute Gasteiger partial charge is 0.145 e. The van der Waals surface area contributed by atoms with Gasteiger partial charge in [-0.2, -0.15) is 0 Å². The monoisotopic (exact) mass is 822 g/mol. The Labute approximate surface area is 331 Å². The van der Waals surface area contributed by atoms with Gasteiger partial charge in [0.1, 0.15) is 11.6 Å². The van der Waals surface area contributed by atoms with Gasteiger partial charge in [-0.15, -0.1) is 0 Å². The lowest BCUT2D eigenvalue weighted by molar-refractivity contribution is 1.06. The number of hydrogen-bond acceptors (Lipinski definition) is 2. The summed E-state index contributed by atoms with van der Waals surface area (Å²) in [7, 11) is 0. The van der Waals surface area contributed by atoms with E-state index < -0.39 is 0 Å². The SMILES string of the molecule is Brc1ccc(-n2c(-c3cccc(-c4nc(-c5ccccc5)c(-c5ccccc5)n4-c4ccc(Br)cc4)c3)nc(-c3ccccc3)c2-c2ccccc2)cc1. The number of imidazole rings is 2. The summed E-state index contributed by atoms with van der Waals surface area (Å²) in [6.07, 6.45) is 0. The largest absolute Gasteiger partial charge is 0.292 e. The fraction of sp³-hybridized carbons (Fsp3) is 0. The van der Waals surface area contributed by atoms with Crippen LogP contribution in [-0.2, 0) is 0 Å². The molecular formula is C48H32Br2N4. The minimum Gasteiger partial charge on any atom is -0.292 e. The molecule has 0 atom stereocenters. The number of rotatable bonds is 8. The van der Waals surface area contributed by atoms with Crippen molar-refractivity contribution in [2.75, 3.05) is 0 Å². The Balaban J connectivity index is 1.32. The maximum Gasteiger partial charge on any atom is 0.145 e. The predicted octanol–water partition coefficient (Wildman–Crippen LogP) is 13.6. The van der Waals surface area contributed by atoms with E-state index in [1.54, 1.807) is 0 Å². The summed E-state index contributed by atoms with van der Waals surface area (Å²) >= 11 is 7.31. The molecule has 0 unspecified atom stereocenters. The van der Waals surface area contributed by atoms with Gasteiger partial charge in [0.2, 0.25) is 0 Å². The molecule has 0 aliphatic rings. The van der Waals surface area contributed by atoms with E-state index in [-0.39, 0.29) is 0 Å². The number of aromatic nitrogens is 4. The molecule has 0 spiro atoms. The Morgan fingerprint density at radius 3 is 0.981 bits per heavy atom. The fourth-order valence-corrected chi connectivity index (χ4v) is 7.56. The average molecular weight is 825 g/mol. The van der Waals surface area contributed by atoms with Gasteiger partial charge >= 0.3 is 0 Å². The second-order valence-corrected chi connectivity index (χ2v) is 14.8. The van der Waals surface area contributed by atoms with Crippen molar-refractivity contribution >= 4 is 31.9 Å². The second kappa shape index (κ2) is 14.7. The van der Waals surface area contributed by atoms with E-state index in [9.17, 15) is 0 Å². The highest BCUT2D eigenvalue weighted by atomic mass is 79.9. The van der Waals surface area contributed by atoms with E-state index in [0.29, 0.717) is 0 Å². The summed E-state index contributed by atoms with van der Waals surface area (Å²) < 4.78 is 6.61. The summed E-state index contributed by atoms with van der Waals surface area (Å²) in [6.45, 7) is 0. The average Bonchev–Trinajstić information content (AvgIpc) is 3.84. The zero-order valence-electron chi connectivity index (χ0n) is 29.0. The maximum atomic E-state index is 5.49. The third-order valence-corrected chi connectivity index (χ3v) is 10.5. The van der Waals surface area contributed by atoms with Crippen molar-refractivity contribution in [3.63, 3.8) is 0 Å². The standard InChI is InChI=1S/C48H32Br2N4/c49-39-24-28-41(29-25-39)53-45(35-18-9-3-10-19-35)43(33-14-5-1-6-15-33)51-47(53)37-22-13-23-38(32-37)48-52-44(34-16-7-2-8-17-34)46(36-20-11-4-12-21-36)54(48)42-30-26-40(50)27-31-42/h1-32H. The molecule has 0 saturated carbocycles. The lowest BCUT2D eigenvalue weighted by atomic mass is 10.0. The van der Waals surface area contributed by atoms with Gasteiger partial charge in [0.25, 0.3) is 0 Å². The second-order valence-electron chi connectivity index (χ2n) is 12.9. The molecule has 7 aromatic carbocycles. The number of hydrogen-bond donors (Lipinski definition) is 0. The van der Waals surface area contributed by atoms with E-state index >= 15 is 0 Å². The highest BCUT2D eigenvalue weighted by molar-refractivity contribution is 9.10. The van der Waals surface area contributed by atoms with Gasteiger partial charge in [-0.3, -0.25) is 9.13 Å². The van der Waals surface area contributed by atoms with Crippen LogP contribution in [0.25, 0.3) is 79.2 Å². The Hall–Kier alpha value is -6.08. The van der Waals surface area contributed by atoms with E-state index in [2.05, 4.69) is 223 Å². The van der Waals surface area contributed by atoms with Crippen molar-refractivity contribution in [2.24, 2.45) is 0 Å². The van der Waals surface area contributed by atoms with E-state index in [1.165, 1.54) is 0 Å². The van der Waals surface area contributed by atoms with E-state index in [0.717, 1.165) is 88.1 Å². The molecule has 2 aromatic heterocycles. The molecule has 0 amide bonds. The van der Waals surface area contributed by atoms with Crippen LogP contribution < -0.4 is 0 Å². The van der Waals surface area contributed by atoms with Gasteiger partial charge in [-0.05, 0) is 54.6 Å². The summed E-state index contributed by atoms with van der Waals surface area (Å²) in [5.74, 6) is 1.68.